The molecule has 0 fully saturated rings. The number of ketones is 1. The third kappa shape index (κ3) is 23.4. The minimum atomic E-state index is -1.53. The summed E-state index contributed by atoms with van der Waals surface area (Å²) in [7, 11) is 0. The maximum absolute atomic E-state index is 14.5. The molecule has 9 amide bonds. The lowest BCUT2D eigenvalue weighted by Gasteiger charge is -2.36. The Labute approximate surface area is 516 Å². The monoisotopic (exact) mass is 1210 g/mol. The van der Waals surface area contributed by atoms with Gasteiger partial charge in [-0.1, -0.05) is 172 Å². The van der Waals surface area contributed by atoms with Gasteiger partial charge in [-0.3, -0.25) is 33.6 Å². The summed E-state index contributed by atoms with van der Waals surface area (Å²) in [4.78, 5) is 123. The van der Waals surface area contributed by atoms with E-state index < -0.39 is 82.7 Å². The topological polar surface area (TPSA) is 271 Å². The zero-order valence-corrected chi connectivity index (χ0v) is 52.1. The van der Waals surface area contributed by atoms with Crippen molar-refractivity contribution in [2.24, 2.45) is 0 Å². The normalized spacial score (nSPS) is 13.7. The molecular formula is C67H87N9O10S. The highest BCUT2D eigenvalue weighted by molar-refractivity contribution is 8.00. The zero-order chi connectivity index (χ0) is 63.4. The molecule has 0 saturated heterocycles. The third-order valence-electron chi connectivity index (χ3n) is 14.1. The predicted octanol–water partition coefficient (Wildman–Crippen LogP) is 7.31. The molecule has 5 rings (SSSR count). The van der Waals surface area contributed by atoms with E-state index in [1.54, 1.807) is 89.2 Å². The van der Waals surface area contributed by atoms with Crippen molar-refractivity contribution in [2.75, 3.05) is 18.8 Å². The Morgan fingerprint density at radius 1 is 0.471 bits per heavy atom. The number of carbonyl (C=O) groups is 9. The summed E-state index contributed by atoms with van der Waals surface area (Å²) in [5.74, 6) is -4.00. The van der Waals surface area contributed by atoms with E-state index in [2.05, 4.69) is 47.9 Å². The Bertz CT molecular complexity index is 2910. The fourth-order valence-corrected chi connectivity index (χ4v) is 11.2. The van der Waals surface area contributed by atoms with Crippen molar-refractivity contribution in [2.45, 2.75) is 159 Å². The van der Waals surface area contributed by atoms with Crippen molar-refractivity contribution in [3.63, 3.8) is 0 Å². The molecule has 5 aromatic carbocycles. The van der Waals surface area contributed by atoms with Gasteiger partial charge in [-0.05, 0) is 88.6 Å². The van der Waals surface area contributed by atoms with Gasteiger partial charge in [-0.2, -0.15) is 0 Å². The molecule has 9 N–H and O–H groups in total. The largest absolute Gasteiger partial charge is 0.444 e. The summed E-state index contributed by atoms with van der Waals surface area (Å²) >= 11 is 1.49. The summed E-state index contributed by atoms with van der Waals surface area (Å²) in [6.07, 6.45) is 1.15. The average Bonchev–Trinajstić information content (AvgIpc) is 1.08. The van der Waals surface area contributed by atoms with Crippen LogP contribution in [0.5, 0.6) is 0 Å². The van der Waals surface area contributed by atoms with E-state index >= 15 is 0 Å². The Morgan fingerprint density at radius 2 is 0.908 bits per heavy atom. The maximum Gasteiger partial charge on any atom is 0.408 e. The Kier molecular flexibility index (Phi) is 28.0. The van der Waals surface area contributed by atoms with E-state index in [1.807, 2.05) is 111 Å². The molecule has 0 bridgehead atoms. The molecule has 0 aliphatic heterocycles. The third-order valence-corrected chi connectivity index (χ3v) is 15.8. The van der Waals surface area contributed by atoms with Crippen LogP contribution in [0.3, 0.4) is 0 Å². The van der Waals surface area contributed by atoms with Crippen LogP contribution in [0.2, 0.25) is 0 Å². The average molecular weight is 1210 g/mol. The molecule has 0 heterocycles. The Hall–Kier alpha value is -8.52. The van der Waals surface area contributed by atoms with Crippen LogP contribution in [0.4, 0.5) is 9.59 Å². The van der Waals surface area contributed by atoms with Crippen LogP contribution in [-0.4, -0.2) is 120 Å². The minimum Gasteiger partial charge on any atom is -0.444 e. The molecule has 0 aromatic heterocycles. The quantitative estimate of drug-likeness (QED) is 0.0188. The van der Waals surface area contributed by atoms with Gasteiger partial charge in [0, 0.05) is 56.6 Å². The van der Waals surface area contributed by atoms with Gasteiger partial charge in [0.15, 0.2) is 5.78 Å². The van der Waals surface area contributed by atoms with Gasteiger partial charge in [0.1, 0.15) is 29.8 Å². The Balaban J connectivity index is 1.29. The lowest BCUT2D eigenvalue weighted by atomic mass is 9.84. The van der Waals surface area contributed by atoms with Crippen molar-refractivity contribution in [1.82, 2.24) is 47.9 Å². The number of urea groups is 1. The van der Waals surface area contributed by atoms with Crippen LogP contribution in [-0.2, 0) is 55.9 Å². The van der Waals surface area contributed by atoms with Gasteiger partial charge >= 0.3 is 12.1 Å². The van der Waals surface area contributed by atoms with Gasteiger partial charge in [0.2, 0.25) is 35.4 Å². The van der Waals surface area contributed by atoms with Crippen molar-refractivity contribution in [3.05, 3.63) is 179 Å². The molecule has 0 aliphatic carbocycles. The molecule has 5 aromatic rings. The highest BCUT2D eigenvalue weighted by Gasteiger charge is 2.39. The van der Waals surface area contributed by atoms with Crippen LogP contribution in [0.1, 0.15) is 122 Å². The first-order chi connectivity index (χ1) is 41.6. The fraction of sp³-hybridized carbons (Fsp3) is 0.418. The number of carbonyl (C=O) groups excluding carboxylic acids is 9. The molecule has 20 heteroatoms. The van der Waals surface area contributed by atoms with Crippen LogP contribution in [0.15, 0.2) is 152 Å². The minimum absolute atomic E-state index is 0.0128. The number of hydrogen-bond donors (Lipinski definition) is 9. The SMILES string of the molecule is CCC[C@@H](C)NC(=O)N[C@H](C)CCC(=O)NCCC(=O)N[C@@H](Cc1ccccc1)C(=O)N[C@@H](Cc1ccccc1)C(=O)NC[C@H](NC(=O)OC(C)(C)C)C(=O)N[C@@H](CC)C(=O)N[C@@H](CSC(c1ccccc1)(c1ccccc1)c1ccccc1)C(C)=O. The highest BCUT2D eigenvalue weighted by atomic mass is 32.2. The van der Waals surface area contributed by atoms with Crippen molar-refractivity contribution in [3.8, 4) is 0 Å². The molecule has 0 aliphatic rings. The smallest absolute Gasteiger partial charge is 0.408 e. The second-order valence-corrected chi connectivity index (χ2v) is 23.8. The second-order valence-electron chi connectivity index (χ2n) is 22.6. The van der Waals surface area contributed by atoms with Crippen LogP contribution >= 0.6 is 11.8 Å². The van der Waals surface area contributed by atoms with Gasteiger partial charge in [-0.25, -0.2) is 9.59 Å². The van der Waals surface area contributed by atoms with Crippen molar-refractivity contribution in [1.29, 1.82) is 0 Å². The molecule has 0 saturated carbocycles. The standard InChI is InChI=1S/C67H87N9O10S/c1-9-26-45(3)70-64(84)71-46(4)37-38-58(78)68-40-39-59(79)72-55(42-49-29-18-12-19-30-49)62(82)74-54(41-48-27-16-11-17-28-48)60(80)69-43-56(76-65(85)86-66(6,7)8)63(83)73-53(10-2)61(81)75-57(47(5)77)44-87-67(50-31-20-13-21-32-50,51-33-22-14-23-34-51)52-35-24-15-25-36-52/h11-25,27-36,45-46,53-57H,9-10,26,37-44H2,1-8H3,(H,68,78)(H,69,80)(H,72,79)(H,73,83)(H,74,82)(H,75,81)(H,76,85)(H2,70,71,84)/t45-,46-,53+,54+,55+,56+,57+/m1/s1. The van der Waals surface area contributed by atoms with Crippen LogP contribution in [0.25, 0.3) is 0 Å². The predicted molar refractivity (Wildman–Crippen MR) is 339 cm³/mol. The summed E-state index contributed by atoms with van der Waals surface area (Å²) in [5.41, 5.74) is 3.27. The summed E-state index contributed by atoms with van der Waals surface area (Å²) in [6, 6.07) is 40.8. The van der Waals surface area contributed by atoms with E-state index in [9.17, 15) is 43.2 Å². The van der Waals surface area contributed by atoms with Gasteiger partial charge in [0.25, 0.3) is 0 Å². The van der Waals surface area contributed by atoms with Crippen LogP contribution < -0.4 is 47.9 Å². The number of amides is 9. The number of benzene rings is 5. The first-order valence-electron chi connectivity index (χ1n) is 29.8. The van der Waals surface area contributed by atoms with Gasteiger partial charge < -0.3 is 52.6 Å². The molecule has 0 radical (unpaired) electrons. The number of Topliss-reactive ketones (excluding diaryl/α,β-unsaturated/α-hetero) is 1. The maximum atomic E-state index is 14.5. The second kappa shape index (κ2) is 35.2. The van der Waals surface area contributed by atoms with E-state index in [0.717, 1.165) is 29.5 Å². The summed E-state index contributed by atoms with van der Waals surface area (Å²) in [6.45, 7) is 13.2. The molecular weight excluding hydrogens is 1120 g/mol. The van der Waals surface area contributed by atoms with Gasteiger partial charge in [-0.15, -0.1) is 11.8 Å². The zero-order valence-electron chi connectivity index (χ0n) is 51.2. The number of hydrogen-bond acceptors (Lipinski definition) is 11. The molecule has 0 spiro atoms. The number of nitrogens with one attached hydrogen (secondary N) is 9. The number of ether oxygens (including phenoxy) is 1. The number of thioether (sulfide) groups is 1. The molecule has 7 atom stereocenters. The summed E-state index contributed by atoms with van der Waals surface area (Å²) < 4.78 is 4.71. The first-order valence-corrected chi connectivity index (χ1v) is 30.8. The van der Waals surface area contributed by atoms with Gasteiger partial charge in [0.05, 0.1) is 10.8 Å². The lowest BCUT2D eigenvalue weighted by molar-refractivity contribution is -0.132. The van der Waals surface area contributed by atoms with Crippen molar-refractivity contribution < 1.29 is 47.9 Å². The first kappa shape index (κ1) is 69.3. The van der Waals surface area contributed by atoms with E-state index in [1.165, 1.54) is 18.7 Å². The van der Waals surface area contributed by atoms with E-state index in [-0.39, 0.29) is 74.2 Å². The molecule has 466 valence electrons. The lowest BCUT2D eigenvalue weighted by Crippen LogP contribution is -2.60. The van der Waals surface area contributed by atoms with E-state index in [0.29, 0.717) is 17.5 Å². The number of rotatable bonds is 33. The number of alkyl carbamates (subject to hydrolysis) is 1. The molecule has 87 heavy (non-hydrogen) atoms. The molecule has 0 unspecified atom stereocenters. The highest BCUT2D eigenvalue weighted by Crippen LogP contribution is 2.48. The fourth-order valence-electron chi connectivity index (χ4n) is 9.60. The van der Waals surface area contributed by atoms with E-state index in [4.69, 9.17) is 4.74 Å². The van der Waals surface area contributed by atoms with Crippen LogP contribution in [0, 0.1) is 0 Å². The summed E-state index contributed by atoms with van der Waals surface area (Å²) in [5, 5.41) is 24.9. The molecule has 19 nitrogen and oxygen atoms in total. The Morgan fingerprint density at radius 3 is 1.38 bits per heavy atom. The van der Waals surface area contributed by atoms with Crippen molar-refractivity contribution >= 4 is 65.1 Å².